The van der Waals surface area contributed by atoms with Crippen molar-refractivity contribution < 1.29 is 17.9 Å². The van der Waals surface area contributed by atoms with Crippen LogP contribution in [0.1, 0.15) is 22.6 Å². The molecule has 1 aliphatic carbocycles. The van der Waals surface area contributed by atoms with Crippen LogP contribution in [0.15, 0.2) is 18.6 Å². The summed E-state index contributed by atoms with van der Waals surface area (Å²) in [6.07, 6.45) is 0.0391. The monoisotopic (exact) mass is 477 g/mol. The molecular weight excluding hydrogens is 455 g/mol. The number of likely N-dealkylation sites (N-methyl/N-ethyl adjacent to an activating group) is 1. The number of alkyl halides is 3. The lowest BCUT2D eigenvalue weighted by Crippen LogP contribution is -2.32. The van der Waals surface area contributed by atoms with E-state index in [4.69, 9.17) is 9.72 Å². The van der Waals surface area contributed by atoms with Crippen molar-refractivity contribution in [2.24, 2.45) is 0 Å². The molecule has 12 heteroatoms. The second-order valence-corrected chi connectivity index (χ2v) is 9.38. The number of aromatic amines is 1. The molecule has 0 aliphatic heterocycles. The van der Waals surface area contributed by atoms with Gasteiger partial charge in [-0.25, -0.2) is 14.5 Å². The first-order valence-electron chi connectivity index (χ1n) is 10.4. The average Bonchev–Trinajstić information content (AvgIpc) is 3.48. The van der Waals surface area contributed by atoms with Crippen molar-refractivity contribution in [2.75, 3.05) is 21.2 Å². The third-order valence-corrected chi connectivity index (χ3v) is 7.07. The second kappa shape index (κ2) is 8.10. The fraction of sp³-hybridized carbons (Fsp3) is 0.429. The highest BCUT2D eigenvalue weighted by atomic mass is 32.1. The minimum atomic E-state index is -4.41. The van der Waals surface area contributed by atoms with Crippen LogP contribution >= 0.6 is 11.3 Å². The van der Waals surface area contributed by atoms with Crippen molar-refractivity contribution in [1.82, 2.24) is 34.7 Å². The van der Waals surface area contributed by atoms with E-state index in [0.29, 0.717) is 33.7 Å². The van der Waals surface area contributed by atoms with Crippen molar-refractivity contribution >= 4 is 17.0 Å². The third-order valence-electron chi connectivity index (χ3n) is 5.94. The number of thiazole rings is 1. The number of hydrogen-bond acceptors (Lipinski definition) is 7. The Bertz CT molecular complexity index is 1310. The number of fused-ring (bicyclic) bond motifs is 2. The summed E-state index contributed by atoms with van der Waals surface area (Å²) in [5.41, 5.74) is 2.43. The van der Waals surface area contributed by atoms with E-state index in [1.165, 1.54) is 29.3 Å². The van der Waals surface area contributed by atoms with Crippen LogP contribution in [0.2, 0.25) is 0 Å². The van der Waals surface area contributed by atoms with Crippen LogP contribution in [-0.4, -0.2) is 68.1 Å². The summed E-state index contributed by atoms with van der Waals surface area (Å²) in [6.45, 7) is 0. The predicted octanol–water partition coefficient (Wildman–Crippen LogP) is 3.78. The van der Waals surface area contributed by atoms with Gasteiger partial charge in [0.2, 0.25) is 0 Å². The van der Waals surface area contributed by atoms with Crippen molar-refractivity contribution in [2.45, 2.75) is 37.9 Å². The molecule has 0 fully saturated rings. The molecule has 1 aliphatic rings. The second-order valence-electron chi connectivity index (χ2n) is 8.29. The van der Waals surface area contributed by atoms with E-state index in [1.807, 2.05) is 14.1 Å². The van der Waals surface area contributed by atoms with E-state index in [9.17, 15) is 13.2 Å². The first-order chi connectivity index (χ1) is 15.7. The van der Waals surface area contributed by atoms with Crippen LogP contribution in [0.3, 0.4) is 0 Å². The van der Waals surface area contributed by atoms with Gasteiger partial charge in [-0.2, -0.15) is 23.4 Å². The highest BCUT2D eigenvalue weighted by Gasteiger charge is 2.34. The minimum Gasteiger partial charge on any atom is -0.493 e. The normalized spacial score (nSPS) is 16.5. The molecule has 0 saturated carbocycles. The van der Waals surface area contributed by atoms with Gasteiger partial charge >= 0.3 is 6.18 Å². The lowest BCUT2D eigenvalue weighted by atomic mass is 9.97. The topological polar surface area (TPSA) is 84.2 Å². The summed E-state index contributed by atoms with van der Waals surface area (Å²) in [5.74, 6) is 0.395. The molecule has 1 N–H and O–H groups in total. The lowest BCUT2D eigenvalue weighted by molar-refractivity contribution is -0.127. The summed E-state index contributed by atoms with van der Waals surface area (Å²) in [4.78, 5) is 12.1. The Morgan fingerprint density at radius 3 is 2.88 bits per heavy atom. The van der Waals surface area contributed by atoms with Crippen LogP contribution < -0.4 is 4.74 Å². The van der Waals surface area contributed by atoms with Gasteiger partial charge in [-0.15, -0.1) is 11.3 Å². The van der Waals surface area contributed by atoms with Gasteiger partial charge in [-0.05, 0) is 39.4 Å². The molecule has 8 nitrogen and oxygen atoms in total. The highest BCUT2D eigenvalue weighted by molar-refractivity contribution is 7.15. The Morgan fingerprint density at radius 2 is 2.15 bits per heavy atom. The standard InChI is InChI=1S/C21H22F3N7OS/c1-30(2)12-4-5-14-16(7-12)33-20(27-14)18-13(8-21(22,23)24)17(28-29-18)11-6-15(32-3)19-25-10-26-31(19)9-11/h6,9-10,12H,4-5,7-8H2,1-3H3,(H,28,29). The van der Waals surface area contributed by atoms with Gasteiger partial charge < -0.3 is 9.64 Å². The molecule has 4 aromatic heterocycles. The fourth-order valence-corrected chi connectivity index (χ4v) is 5.44. The maximum Gasteiger partial charge on any atom is 0.393 e. The SMILES string of the molecule is COc1cc(-c2n[nH]c(-c3nc4c(s3)CC(N(C)C)CC4)c2CC(F)(F)F)cn2ncnc12. The van der Waals surface area contributed by atoms with Crippen LogP contribution in [0.25, 0.3) is 27.6 Å². The lowest BCUT2D eigenvalue weighted by Gasteiger charge is -2.27. The van der Waals surface area contributed by atoms with Gasteiger partial charge in [0.1, 0.15) is 11.3 Å². The molecule has 174 valence electrons. The van der Waals surface area contributed by atoms with Gasteiger partial charge in [0.25, 0.3) is 0 Å². The van der Waals surface area contributed by atoms with E-state index >= 15 is 0 Å². The maximum absolute atomic E-state index is 13.6. The van der Waals surface area contributed by atoms with E-state index in [1.54, 1.807) is 12.3 Å². The number of nitrogens with zero attached hydrogens (tertiary/aromatic N) is 6. The van der Waals surface area contributed by atoms with Crippen LogP contribution in [0.5, 0.6) is 5.75 Å². The predicted molar refractivity (Wildman–Crippen MR) is 117 cm³/mol. The summed E-state index contributed by atoms with van der Waals surface area (Å²) in [6, 6.07) is 2.03. The number of halogens is 3. The number of rotatable bonds is 5. The van der Waals surface area contributed by atoms with Crippen molar-refractivity contribution in [3.05, 3.63) is 34.7 Å². The molecule has 0 amide bonds. The minimum absolute atomic E-state index is 0.0549. The molecule has 0 spiro atoms. The summed E-state index contributed by atoms with van der Waals surface area (Å²) in [7, 11) is 5.56. The average molecular weight is 478 g/mol. The summed E-state index contributed by atoms with van der Waals surface area (Å²) in [5, 5.41) is 11.7. The van der Waals surface area contributed by atoms with Gasteiger partial charge in [-0.3, -0.25) is 5.10 Å². The summed E-state index contributed by atoms with van der Waals surface area (Å²) >= 11 is 1.44. The Balaban J connectivity index is 1.61. The van der Waals surface area contributed by atoms with Crippen molar-refractivity contribution in [3.63, 3.8) is 0 Å². The van der Waals surface area contributed by atoms with Gasteiger partial charge in [0, 0.05) is 28.2 Å². The number of aryl methyl sites for hydroxylation is 1. The Hall–Kier alpha value is -2.99. The molecule has 33 heavy (non-hydrogen) atoms. The highest BCUT2D eigenvalue weighted by Crippen LogP contribution is 2.39. The number of methoxy groups -OCH3 is 1. The zero-order chi connectivity index (χ0) is 23.3. The van der Waals surface area contributed by atoms with Gasteiger partial charge in [0.15, 0.2) is 11.4 Å². The van der Waals surface area contributed by atoms with Crippen LogP contribution in [0, 0.1) is 0 Å². The van der Waals surface area contributed by atoms with Crippen molar-refractivity contribution in [1.29, 1.82) is 0 Å². The number of ether oxygens (including phenoxy) is 1. The molecule has 4 aromatic rings. The van der Waals surface area contributed by atoms with Crippen LogP contribution in [0.4, 0.5) is 13.2 Å². The number of pyridine rings is 1. The van der Waals surface area contributed by atoms with E-state index in [0.717, 1.165) is 29.8 Å². The Kier molecular flexibility index (Phi) is 5.36. The van der Waals surface area contributed by atoms with Crippen LogP contribution in [-0.2, 0) is 19.3 Å². The molecule has 5 rings (SSSR count). The van der Waals surface area contributed by atoms with Crippen molar-refractivity contribution in [3.8, 4) is 27.7 Å². The van der Waals surface area contributed by atoms with Gasteiger partial charge in [-0.1, -0.05) is 0 Å². The molecule has 0 aromatic carbocycles. The number of aromatic nitrogens is 6. The Morgan fingerprint density at radius 1 is 1.33 bits per heavy atom. The number of H-pyrrole nitrogens is 1. The molecule has 4 heterocycles. The molecule has 1 atom stereocenters. The number of nitrogens with one attached hydrogen (secondary N) is 1. The fourth-order valence-electron chi connectivity index (χ4n) is 4.23. The van der Waals surface area contributed by atoms with Gasteiger partial charge in [0.05, 0.1) is 30.6 Å². The summed E-state index contributed by atoms with van der Waals surface area (Å²) < 4.78 is 47.7. The first kappa shape index (κ1) is 21.8. The van der Waals surface area contributed by atoms with E-state index in [-0.39, 0.29) is 11.3 Å². The molecular formula is C21H22F3N7OS. The quantitative estimate of drug-likeness (QED) is 0.471. The largest absolute Gasteiger partial charge is 0.493 e. The zero-order valence-corrected chi connectivity index (χ0v) is 19.1. The smallest absolute Gasteiger partial charge is 0.393 e. The molecule has 1 unspecified atom stereocenters. The van der Waals surface area contributed by atoms with E-state index < -0.39 is 12.6 Å². The maximum atomic E-state index is 13.6. The third kappa shape index (κ3) is 4.08. The first-order valence-corrected chi connectivity index (χ1v) is 11.2. The molecule has 0 saturated heterocycles. The van der Waals surface area contributed by atoms with E-state index in [2.05, 4.69) is 25.2 Å². The zero-order valence-electron chi connectivity index (χ0n) is 18.3. The molecule has 0 radical (unpaired) electrons. The Labute approximate surface area is 191 Å². The molecule has 0 bridgehead atoms. The number of hydrogen-bond donors (Lipinski definition) is 1.